The molecule has 0 saturated carbocycles. The molecule has 2 unspecified atom stereocenters. The Bertz CT molecular complexity index is 1080. The molecule has 0 radical (unpaired) electrons. The summed E-state index contributed by atoms with van der Waals surface area (Å²) in [6, 6.07) is 24.6. The third-order valence-electron chi connectivity index (χ3n) is 5.36. The van der Waals surface area contributed by atoms with E-state index in [1.54, 1.807) is 12.1 Å². The number of hydrogen-bond acceptors (Lipinski definition) is 5. The summed E-state index contributed by atoms with van der Waals surface area (Å²) < 4.78 is 11.9. The van der Waals surface area contributed by atoms with E-state index in [2.05, 4.69) is 5.32 Å². The molecule has 4 N–H and O–H groups in total. The van der Waals surface area contributed by atoms with Crippen molar-refractivity contribution in [1.82, 2.24) is 0 Å². The number of aliphatic hydroxyl groups excluding tert-OH is 1. The Balaban J connectivity index is 1.50. The van der Waals surface area contributed by atoms with E-state index < -0.39 is 6.29 Å². The third kappa shape index (κ3) is 5.35. The number of amides is 1. The molecule has 1 amide bonds. The molecule has 0 bridgehead atoms. The molecule has 1 aliphatic rings. The van der Waals surface area contributed by atoms with E-state index in [0.29, 0.717) is 24.4 Å². The van der Waals surface area contributed by atoms with Gasteiger partial charge in [0.1, 0.15) is 0 Å². The molecule has 0 aromatic heterocycles. The van der Waals surface area contributed by atoms with Crippen LogP contribution in [0.5, 0.6) is 0 Å². The Morgan fingerprint density at radius 1 is 1.00 bits per heavy atom. The first-order valence-corrected chi connectivity index (χ1v) is 10.5. The number of anilines is 2. The number of benzene rings is 3. The van der Waals surface area contributed by atoms with E-state index in [0.717, 1.165) is 16.7 Å². The summed E-state index contributed by atoms with van der Waals surface area (Å²) in [4.78, 5) is 12.9. The van der Waals surface area contributed by atoms with Crippen LogP contribution in [0, 0.1) is 0 Å². The van der Waals surface area contributed by atoms with Gasteiger partial charge in [-0.2, -0.15) is 0 Å². The Hall–Kier alpha value is -3.61. The highest BCUT2D eigenvalue weighted by molar-refractivity contribution is 6.04. The Morgan fingerprint density at radius 3 is 2.41 bits per heavy atom. The monoisotopic (exact) mass is 430 g/mol. The van der Waals surface area contributed by atoms with Crippen LogP contribution < -0.4 is 11.1 Å². The average molecular weight is 431 g/mol. The predicted octanol–water partition coefficient (Wildman–Crippen LogP) is 4.33. The molecule has 0 fully saturated rings. The van der Waals surface area contributed by atoms with Crippen LogP contribution in [0.3, 0.4) is 0 Å². The lowest BCUT2D eigenvalue weighted by Crippen LogP contribution is -2.29. The molecule has 4 rings (SSSR count). The van der Waals surface area contributed by atoms with Gasteiger partial charge in [-0.25, -0.2) is 0 Å². The largest absolute Gasteiger partial charge is 0.459 e. The van der Waals surface area contributed by atoms with Gasteiger partial charge in [-0.05, 0) is 34.9 Å². The lowest BCUT2D eigenvalue weighted by Gasteiger charge is -2.29. The number of para-hydroxylation sites is 2. The maximum atomic E-state index is 12.9. The quantitative estimate of drug-likeness (QED) is 0.485. The fourth-order valence-electron chi connectivity index (χ4n) is 3.58. The molecule has 0 spiro atoms. The summed E-state index contributed by atoms with van der Waals surface area (Å²) in [6.45, 7) is 0.333. The second-order valence-electron chi connectivity index (χ2n) is 7.66. The lowest BCUT2D eigenvalue weighted by atomic mass is 9.93. The van der Waals surface area contributed by atoms with Crippen LogP contribution in [-0.2, 0) is 27.5 Å². The molecule has 1 heterocycles. The zero-order valence-electron chi connectivity index (χ0n) is 17.6. The van der Waals surface area contributed by atoms with Crippen LogP contribution in [0.2, 0.25) is 0 Å². The Morgan fingerprint density at radius 2 is 1.69 bits per heavy atom. The van der Waals surface area contributed by atoms with Gasteiger partial charge >= 0.3 is 0 Å². The summed E-state index contributed by atoms with van der Waals surface area (Å²) in [5.74, 6) is -0.195. The predicted molar refractivity (Wildman–Crippen MR) is 123 cm³/mol. The number of nitrogen functional groups attached to an aromatic ring is 1. The highest BCUT2D eigenvalue weighted by atomic mass is 16.7. The maximum Gasteiger partial charge on any atom is 0.290 e. The molecular weight excluding hydrogens is 404 g/mol. The summed E-state index contributed by atoms with van der Waals surface area (Å²) >= 11 is 0. The number of nitrogens with one attached hydrogen (secondary N) is 1. The van der Waals surface area contributed by atoms with E-state index in [-0.39, 0.29) is 24.2 Å². The molecule has 32 heavy (non-hydrogen) atoms. The highest BCUT2D eigenvalue weighted by Crippen LogP contribution is 2.32. The van der Waals surface area contributed by atoms with Gasteiger partial charge in [-0.15, -0.1) is 0 Å². The fourth-order valence-corrected chi connectivity index (χ4v) is 3.58. The second kappa shape index (κ2) is 10.1. The smallest absolute Gasteiger partial charge is 0.290 e. The van der Waals surface area contributed by atoms with E-state index in [4.69, 9.17) is 15.2 Å². The van der Waals surface area contributed by atoms with E-state index in [1.807, 2.05) is 72.8 Å². The molecule has 1 aliphatic heterocycles. The molecule has 6 nitrogen and oxygen atoms in total. The van der Waals surface area contributed by atoms with E-state index in [9.17, 15) is 9.90 Å². The number of nitrogens with two attached hydrogens (primary N) is 1. The van der Waals surface area contributed by atoms with Gasteiger partial charge in [0.15, 0.2) is 5.76 Å². The van der Waals surface area contributed by atoms with Crippen molar-refractivity contribution in [2.45, 2.75) is 31.8 Å². The Kier molecular flexibility index (Phi) is 6.84. The average Bonchev–Trinajstić information content (AvgIpc) is 2.85. The minimum Gasteiger partial charge on any atom is -0.459 e. The number of carbonyl (C=O) groups excluding carboxylic acids is 1. The van der Waals surface area contributed by atoms with Crippen LogP contribution in [-0.4, -0.2) is 17.3 Å². The first-order valence-electron chi connectivity index (χ1n) is 10.5. The van der Waals surface area contributed by atoms with Crippen molar-refractivity contribution in [3.8, 4) is 0 Å². The van der Waals surface area contributed by atoms with Gasteiger partial charge in [0.2, 0.25) is 6.29 Å². The van der Waals surface area contributed by atoms with Crippen molar-refractivity contribution in [2.75, 3.05) is 11.1 Å². The van der Waals surface area contributed by atoms with Gasteiger partial charge in [0.25, 0.3) is 5.91 Å². The number of hydrogen-bond donors (Lipinski definition) is 3. The topological polar surface area (TPSA) is 93.8 Å². The van der Waals surface area contributed by atoms with Crippen molar-refractivity contribution in [1.29, 1.82) is 0 Å². The van der Waals surface area contributed by atoms with Crippen LogP contribution >= 0.6 is 0 Å². The molecule has 2 atom stereocenters. The van der Waals surface area contributed by atoms with Crippen LogP contribution in [0.25, 0.3) is 0 Å². The Labute approximate surface area is 187 Å². The maximum absolute atomic E-state index is 12.9. The molecule has 164 valence electrons. The van der Waals surface area contributed by atoms with Crippen LogP contribution in [0.1, 0.15) is 29.0 Å². The van der Waals surface area contributed by atoms with Gasteiger partial charge in [0, 0.05) is 12.3 Å². The van der Waals surface area contributed by atoms with E-state index >= 15 is 0 Å². The minimum atomic E-state index is -0.586. The molecule has 6 heteroatoms. The second-order valence-corrected chi connectivity index (χ2v) is 7.66. The number of rotatable bonds is 7. The van der Waals surface area contributed by atoms with Gasteiger partial charge in [-0.1, -0.05) is 66.7 Å². The minimum absolute atomic E-state index is 0.000817. The molecule has 3 aromatic rings. The summed E-state index contributed by atoms with van der Waals surface area (Å²) in [6.07, 6.45) is 1.83. The first kappa shape index (κ1) is 21.6. The van der Waals surface area contributed by atoms with E-state index in [1.165, 1.54) is 0 Å². The standard InChI is InChI=1S/C26H26N2O4/c27-22-8-4-5-9-23(22)28-26(30)24-14-21(20-6-2-1-3-7-20)15-25(32-24)31-17-19-12-10-18(16-29)11-13-19/h1-14,21,25,29H,15-17,27H2,(H,28,30). The number of carbonyl (C=O) groups is 1. The molecule has 0 aliphatic carbocycles. The molecule has 3 aromatic carbocycles. The SMILES string of the molecule is Nc1ccccc1NC(=O)C1=CC(c2ccccc2)CC(OCc2ccc(CO)cc2)O1. The molecule has 0 saturated heterocycles. The zero-order valence-corrected chi connectivity index (χ0v) is 17.6. The summed E-state index contributed by atoms with van der Waals surface area (Å²) in [7, 11) is 0. The van der Waals surface area contributed by atoms with Gasteiger partial charge in [-0.3, -0.25) is 4.79 Å². The van der Waals surface area contributed by atoms with Crippen LogP contribution in [0.4, 0.5) is 11.4 Å². The summed E-state index contributed by atoms with van der Waals surface area (Å²) in [5.41, 5.74) is 9.86. The normalized spacial score (nSPS) is 17.8. The van der Waals surface area contributed by atoms with Crippen molar-refractivity contribution in [2.24, 2.45) is 0 Å². The van der Waals surface area contributed by atoms with Crippen molar-refractivity contribution < 1.29 is 19.4 Å². The number of allylic oxidation sites excluding steroid dienone is 1. The first-order chi connectivity index (χ1) is 15.6. The summed E-state index contributed by atoms with van der Waals surface area (Å²) in [5, 5.41) is 12.0. The fraction of sp³-hybridized carbons (Fsp3) is 0.192. The number of ether oxygens (including phenoxy) is 2. The van der Waals surface area contributed by atoms with Crippen molar-refractivity contribution in [3.63, 3.8) is 0 Å². The van der Waals surface area contributed by atoms with Gasteiger partial charge in [0.05, 0.1) is 24.6 Å². The zero-order chi connectivity index (χ0) is 22.3. The highest BCUT2D eigenvalue weighted by Gasteiger charge is 2.29. The molecular formula is C26H26N2O4. The van der Waals surface area contributed by atoms with Crippen LogP contribution in [0.15, 0.2) is 90.7 Å². The van der Waals surface area contributed by atoms with Crippen molar-refractivity contribution in [3.05, 3.63) is 107 Å². The lowest BCUT2D eigenvalue weighted by molar-refractivity contribution is -0.147. The van der Waals surface area contributed by atoms with Gasteiger partial charge < -0.3 is 25.6 Å². The third-order valence-corrected chi connectivity index (χ3v) is 5.36. The number of aliphatic hydroxyl groups is 1. The van der Waals surface area contributed by atoms with Crippen molar-refractivity contribution >= 4 is 17.3 Å².